The van der Waals surface area contributed by atoms with Gasteiger partial charge in [-0.05, 0) is 41.5 Å². The van der Waals surface area contributed by atoms with Crippen molar-refractivity contribution in [1.29, 1.82) is 0 Å². The average molecular weight is 239 g/mol. The van der Waals surface area contributed by atoms with E-state index in [1.165, 1.54) is 10.6 Å². The summed E-state index contributed by atoms with van der Waals surface area (Å²) in [6, 6.07) is 1.41. The van der Waals surface area contributed by atoms with E-state index in [4.69, 9.17) is 0 Å². The molecule has 0 saturated heterocycles. The molecule has 0 aliphatic rings. The zero-order valence-corrected chi connectivity index (χ0v) is 11.3. The van der Waals surface area contributed by atoms with Crippen LogP contribution in [0.2, 0.25) is 0 Å². The Morgan fingerprint density at radius 1 is 1.12 bits per heavy atom. The average Bonchev–Trinajstić information content (AvgIpc) is 1.94. The molecule has 2 N–H and O–H groups in total. The van der Waals surface area contributed by atoms with Gasteiger partial charge in [0.2, 0.25) is 0 Å². The lowest BCUT2D eigenvalue weighted by Gasteiger charge is -2.24. The van der Waals surface area contributed by atoms with Crippen molar-refractivity contribution in [3.8, 4) is 0 Å². The van der Waals surface area contributed by atoms with Gasteiger partial charge >= 0.3 is 5.69 Å². The molecule has 0 unspecified atom stereocenters. The fourth-order valence-corrected chi connectivity index (χ4v) is 1.60. The predicted octanol–water partition coefficient (Wildman–Crippen LogP) is 1.50. The highest BCUT2D eigenvalue weighted by molar-refractivity contribution is 5.34. The molecular weight excluding hydrogens is 218 g/mol. The molecule has 0 aromatic carbocycles. The molecule has 0 aliphatic carbocycles. The minimum Gasteiger partial charge on any atom is -0.367 e. The molecule has 0 bridgehead atoms. The van der Waals surface area contributed by atoms with Gasteiger partial charge in [0.15, 0.2) is 0 Å². The molecule has 5 nitrogen and oxygen atoms in total. The van der Waals surface area contributed by atoms with Crippen LogP contribution in [0.3, 0.4) is 0 Å². The van der Waals surface area contributed by atoms with Crippen LogP contribution in [0.25, 0.3) is 0 Å². The maximum absolute atomic E-state index is 11.9. The van der Waals surface area contributed by atoms with Crippen molar-refractivity contribution >= 4 is 5.82 Å². The summed E-state index contributed by atoms with van der Waals surface area (Å²) in [5, 5.41) is 3.07. The van der Waals surface area contributed by atoms with Gasteiger partial charge in [0.1, 0.15) is 5.82 Å². The lowest BCUT2D eigenvalue weighted by molar-refractivity contribution is 0.367. The summed E-state index contributed by atoms with van der Waals surface area (Å²) in [5.74, 6) is 0.452. The summed E-state index contributed by atoms with van der Waals surface area (Å²) in [7, 11) is 0. The lowest BCUT2D eigenvalue weighted by atomic mass is 10.1. The van der Waals surface area contributed by atoms with Crippen LogP contribution < -0.4 is 16.6 Å². The minimum atomic E-state index is -0.523. The Bertz CT molecular complexity index is 481. The fraction of sp³-hybridized carbons (Fsp3) is 0.667. The van der Waals surface area contributed by atoms with Gasteiger partial charge in [-0.25, -0.2) is 4.79 Å². The van der Waals surface area contributed by atoms with Crippen molar-refractivity contribution in [2.75, 3.05) is 5.32 Å². The van der Waals surface area contributed by atoms with E-state index in [1.54, 1.807) is 0 Å². The molecule has 1 aromatic rings. The molecule has 17 heavy (non-hydrogen) atoms. The summed E-state index contributed by atoms with van der Waals surface area (Å²) in [6.07, 6.45) is 0. The van der Waals surface area contributed by atoms with Crippen LogP contribution >= 0.6 is 0 Å². The first-order valence-electron chi connectivity index (χ1n) is 5.66. The highest BCUT2D eigenvalue weighted by atomic mass is 16.2. The second-order valence-electron chi connectivity index (χ2n) is 6.21. The van der Waals surface area contributed by atoms with Crippen LogP contribution in [0.4, 0.5) is 5.82 Å². The highest BCUT2D eigenvalue weighted by Gasteiger charge is 2.19. The quantitative estimate of drug-likeness (QED) is 0.780. The van der Waals surface area contributed by atoms with Crippen LogP contribution in [0, 0.1) is 0 Å². The van der Waals surface area contributed by atoms with Crippen molar-refractivity contribution in [3.05, 3.63) is 26.9 Å². The summed E-state index contributed by atoms with van der Waals surface area (Å²) < 4.78 is 1.21. The standard InChI is InChI=1S/C12H21N3O2/c1-11(2,3)14-8-7-9(16)15(10(17)13-8)12(4,5)6/h7,14H,1-6H3,(H,13,17). The second-order valence-corrected chi connectivity index (χ2v) is 6.21. The van der Waals surface area contributed by atoms with E-state index < -0.39 is 11.2 Å². The smallest absolute Gasteiger partial charge is 0.330 e. The van der Waals surface area contributed by atoms with Crippen LogP contribution in [0.1, 0.15) is 41.5 Å². The zero-order chi connectivity index (χ0) is 13.4. The van der Waals surface area contributed by atoms with E-state index >= 15 is 0 Å². The Balaban J connectivity index is 3.30. The fourth-order valence-electron chi connectivity index (χ4n) is 1.60. The highest BCUT2D eigenvalue weighted by Crippen LogP contribution is 2.10. The molecule has 0 fully saturated rings. The number of rotatable bonds is 1. The molecular formula is C12H21N3O2. The van der Waals surface area contributed by atoms with E-state index in [2.05, 4.69) is 10.3 Å². The van der Waals surface area contributed by atoms with Gasteiger partial charge in [-0.15, -0.1) is 0 Å². The van der Waals surface area contributed by atoms with Gasteiger partial charge in [0.05, 0.1) is 0 Å². The molecule has 0 radical (unpaired) electrons. The Morgan fingerprint density at radius 2 is 1.65 bits per heavy atom. The van der Waals surface area contributed by atoms with Crippen LogP contribution in [-0.2, 0) is 5.54 Å². The Hall–Kier alpha value is -1.52. The summed E-state index contributed by atoms with van der Waals surface area (Å²) in [5.41, 5.74) is -1.42. The van der Waals surface area contributed by atoms with Gasteiger partial charge in [-0.3, -0.25) is 14.3 Å². The van der Waals surface area contributed by atoms with Gasteiger partial charge < -0.3 is 5.32 Å². The summed E-state index contributed by atoms with van der Waals surface area (Å²) in [4.78, 5) is 26.4. The van der Waals surface area contributed by atoms with Crippen molar-refractivity contribution in [2.24, 2.45) is 0 Å². The molecule has 0 saturated carbocycles. The van der Waals surface area contributed by atoms with Crippen LogP contribution in [0.5, 0.6) is 0 Å². The van der Waals surface area contributed by atoms with Crippen LogP contribution in [0.15, 0.2) is 15.7 Å². The van der Waals surface area contributed by atoms with E-state index in [1.807, 2.05) is 41.5 Å². The monoisotopic (exact) mass is 239 g/mol. The van der Waals surface area contributed by atoms with Gasteiger partial charge in [0, 0.05) is 17.1 Å². The number of nitrogens with zero attached hydrogens (tertiary/aromatic N) is 1. The Labute approximate surface area is 101 Å². The Kier molecular flexibility index (Phi) is 3.23. The number of aromatic amines is 1. The minimum absolute atomic E-state index is 0.205. The largest absolute Gasteiger partial charge is 0.367 e. The molecule has 1 rings (SSSR count). The van der Waals surface area contributed by atoms with Gasteiger partial charge in [0.25, 0.3) is 5.56 Å². The second kappa shape index (κ2) is 4.05. The SMILES string of the molecule is CC(C)(C)Nc1cc(=O)n(C(C)(C)C)c(=O)[nH]1. The maximum Gasteiger partial charge on any atom is 0.330 e. The lowest BCUT2D eigenvalue weighted by Crippen LogP contribution is -2.45. The van der Waals surface area contributed by atoms with Crippen LogP contribution in [-0.4, -0.2) is 15.1 Å². The number of nitrogens with one attached hydrogen (secondary N) is 2. The molecule has 1 heterocycles. The molecule has 5 heteroatoms. The number of hydrogen-bond donors (Lipinski definition) is 2. The number of H-pyrrole nitrogens is 1. The molecule has 1 aromatic heterocycles. The van der Waals surface area contributed by atoms with E-state index in [9.17, 15) is 9.59 Å². The van der Waals surface area contributed by atoms with Gasteiger partial charge in [-0.1, -0.05) is 0 Å². The van der Waals surface area contributed by atoms with Gasteiger partial charge in [-0.2, -0.15) is 0 Å². The van der Waals surface area contributed by atoms with Crippen molar-refractivity contribution in [2.45, 2.75) is 52.6 Å². The van der Waals surface area contributed by atoms with Crippen molar-refractivity contribution < 1.29 is 0 Å². The normalized spacial score (nSPS) is 12.6. The number of hydrogen-bond acceptors (Lipinski definition) is 3. The predicted molar refractivity (Wildman–Crippen MR) is 69.7 cm³/mol. The third kappa shape index (κ3) is 3.47. The Morgan fingerprint density at radius 3 is 2.00 bits per heavy atom. The first-order chi connectivity index (χ1) is 7.50. The summed E-state index contributed by atoms with van der Waals surface area (Å²) in [6.45, 7) is 11.3. The van der Waals surface area contributed by atoms with E-state index in [0.29, 0.717) is 5.82 Å². The third-order valence-corrected chi connectivity index (χ3v) is 2.11. The number of anilines is 1. The molecule has 96 valence electrons. The maximum atomic E-state index is 11.9. The number of aromatic nitrogens is 2. The van der Waals surface area contributed by atoms with E-state index in [-0.39, 0.29) is 11.1 Å². The van der Waals surface area contributed by atoms with E-state index in [0.717, 1.165) is 0 Å². The zero-order valence-electron chi connectivity index (χ0n) is 11.3. The first-order valence-corrected chi connectivity index (χ1v) is 5.66. The molecule has 0 spiro atoms. The summed E-state index contributed by atoms with van der Waals surface area (Å²) >= 11 is 0. The molecule has 0 aliphatic heterocycles. The molecule has 0 atom stereocenters. The third-order valence-electron chi connectivity index (χ3n) is 2.11. The first kappa shape index (κ1) is 13.5. The topological polar surface area (TPSA) is 66.9 Å². The van der Waals surface area contributed by atoms with Crippen molar-refractivity contribution in [3.63, 3.8) is 0 Å². The molecule has 0 amide bonds. The van der Waals surface area contributed by atoms with Crippen molar-refractivity contribution in [1.82, 2.24) is 9.55 Å².